The molecule has 3 aromatic rings. The second kappa shape index (κ2) is 8.31. The molecule has 0 fully saturated rings. The summed E-state index contributed by atoms with van der Waals surface area (Å²) >= 11 is 0. The van der Waals surface area contributed by atoms with Crippen molar-refractivity contribution < 1.29 is 13.7 Å². The summed E-state index contributed by atoms with van der Waals surface area (Å²) in [5.74, 6) is 1.79. The number of aromatic nitrogens is 3. The summed E-state index contributed by atoms with van der Waals surface area (Å²) < 4.78 is 23.3. The number of imidazole rings is 1. The Labute approximate surface area is 171 Å². The molecule has 2 aromatic heterocycles. The molecule has 0 amide bonds. The molecule has 127 valence electrons. The van der Waals surface area contributed by atoms with Crippen LogP contribution in [0.3, 0.4) is 0 Å². The summed E-state index contributed by atoms with van der Waals surface area (Å²) in [6.07, 6.45) is 1.74. The SMILES string of the molecule is COc1ccc2nc([S@@](=O)Cc3ncc(C)c(OC)c3C)[nH]c2c1.[Na]. The van der Waals surface area contributed by atoms with E-state index in [1.807, 2.05) is 32.0 Å². The normalized spacial score (nSPS) is 11.8. The van der Waals surface area contributed by atoms with Gasteiger partial charge in [0.1, 0.15) is 11.5 Å². The number of aromatic amines is 1. The van der Waals surface area contributed by atoms with Gasteiger partial charge in [-0.1, -0.05) is 0 Å². The third-order valence-electron chi connectivity index (χ3n) is 3.90. The second-order valence-electron chi connectivity index (χ2n) is 5.46. The van der Waals surface area contributed by atoms with Crippen LogP contribution in [0.5, 0.6) is 11.5 Å². The smallest absolute Gasteiger partial charge is 0.197 e. The molecule has 1 N–H and O–H groups in total. The maximum absolute atomic E-state index is 12.7. The van der Waals surface area contributed by atoms with Crippen LogP contribution >= 0.6 is 0 Å². The number of benzene rings is 1. The molecule has 0 spiro atoms. The molecule has 1 aromatic carbocycles. The van der Waals surface area contributed by atoms with Gasteiger partial charge in [0.2, 0.25) is 0 Å². The Balaban J connectivity index is 0.00000225. The molecule has 0 bridgehead atoms. The van der Waals surface area contributed by atoms with Gasteiger partial charge in [-0.15, -0.1) is 0 Å². The zero-order chi connectivity index (χ0) is 17.3. The van der Waals surface area contributed by atoms with Gasteiger partial charge in [-0.05, 0) is 26.0 Å². The van der Waals surface area contributed by atoms with Gasteiger partial charge < -0.3 is 14.5 Å². The van der Waals surface area contributed by atoms with E-state index >= 15 is 0 Å². The fourth-order valence-electron chi connectivity index (χ4n) is 2.61. The number of nitrogens with one attached hydrogen (secondary N) is 1. The van der Waals surface area contributed by atoms with E-state index in [0.717, 1.165) is 39.4 Å². The van der Waals surface area contributed by atoms with E-state index in [1.54, 1.807) is 20.4 Å². The Morgan fingerprint density at radius 1 is 1.20 bits per heavy atom. The zero-order valence-corrected chi connectivity index (χ0v) is 17.9. The standard InChI is InChI=1S/C17H19N3O3S.Na/c1-10-8-18-15(11(2)16(10)23-4)9-24(21)17-19-13-6-5-12(22-3)7-14(13)20-17;/h5-8H,9H2,1-4H3,(H,19,20);/t24-;/m0./s1. The van der Waals surface area contributed by atoms with E-state index < -0.39 is 10.8 Å². The molecule has 6 nitrogen and oxygen atoms in total. The van der Waals surface area contributed by atoms with Crippen molar-refractivity contribution in [3.05, 3.63) is 41.2 Å². The molecular formula is C17H19N3NaO3S. The maximum atomic E-state index is 12.7. The quantitative estimate of drug-likeness (QED) is 0.700. The summed E-state index contributed by atoms with van der Waals surface area (Å²) in [5.41, 5.74) is 4.16. The van der Waals surface area contributed by atoms with Crippen molar-refractivity contribution in [2.75, 3.05) is 14.2 Å². The second-order valence-corrected chi connectivity index (χ2v) is 6.83. The van der Waals surface area contributed by atoms with Crippen molar-refractivity contribution in [1.29, 1.82) is 0 Å². The first-order chi connectivity index (χ1) is 11.5. The van der Waals surface area contributed by atoms with Gasteiger partial charge in [0.05, 0.1) is 47.5 Å². The molecule has 0 aliphatic heterocycles. The minimum atomic E-state index is -1.33. The van der Waals surface area contributed by atoms with Crippen LogP contribution in [-0.4, -0.2) is 62.9 Å². The molecule has 0 saturated carbocycles. The van der Waals surface area contributed by atoms with Crippen molar-refractivity contribution in [3.63, 3.8) is 0 Å². The molecule has 1 radical (unpaired) electrons. The molecule has 0 aliphatic carbocycles. The molecule has 0 saturated heterocycles. The number of fused-ring (bicyclic) bond motifs is 1. The van der Waals surface area contributed by atoms with Crippen LogP contribution in [0.15, 0.2) is 29.6 Å². The van der Waals surface area contributed by atoms with Gasteiger partial charge in [0.15, 0.2) is 5.16 Å². The summed E-state index contributed by atoms with van der Waals surface area (Å²) in [7, 11) is 1.91. The summed E-state index contributed by atoms with van der Waals surface area (Å²) in [6.45, 7) is 3.86. The van der Waals surface area contributed by atoms with Crippen molar-refractivity contribution in [1.82, 2.24) is 15.0 Å². The largest absolute Gasteiger partial charge is 0.497 e. The molecule has 0 unspecified atom stereocenters. The third kappa shape index (κ3) is 4.06. The van der Waals surface area contributed by atoms with Gasteiger partial charge in [-0.2, -0.15) is 0 Å². The Morgan fingerprint density at radius 3 is 2.64 bits per heavy atom. The first-order valence-corrected chi connectivity index (χ1v) is 8.76. The minimum absolute atomic E-state index is 0. The number of H-pyrrole nitrogens is 1. The van der Waals surface area contributed by atoms with E-state index in [0.29, 0.717) is 5.16 Å². The van der Waals surface area contributed by atoms with Gasteiger partial charge in [-0.25, -0.2) is 4.98 Å². The number of hydrogen-bond acceptors (Lipinski definition) is 5. The van der Waals surface area contributed by atoms with Crippen LogP contribution in [-0.2, 0) is 16.6 Å². The van der Waals surface area contributed by atoms with Crippen LogP contribution in [0.25, 0.3) is 11.0 Å². The molecule has 2 heterocycles. The van der Waals surface area contributed by atoms with E-state index in [4.69, 9.17) is 9.47 Å². The van der Waals surface area contributed by atoms with Crippen LogP contribution < -0.4 is 9.47 Å². The van der Waals surface area contributed by atoms with Crippen LogP contribution in [0.2, 0.25) is 0 Å². The number of methoxy groups -OCH3 is 2. The number of rotatable bonds is 5. The van der Waals surface area contributed by atoms with Gasteiger partial charge in [0, 0.05) is 52.9 Å². The molecule has 1 atom stereocenters. The monoisotopic (exact) mass is 368 g/mol. The molecule has 8 heteroatoms. The fraction of sp³-hybridized carbons (Fsp3) is 0.294. The first kappa shape index (κ1) is 19.9. The van der Waals surface area contributed by atoms with E-state index in [9.17, 15) is 4.21 Å². The van der Waals surface area contributed by atoms with E-state index in [2.05, 4.69) is 15.0 Å². The number of pyridine rings is 1. The van der Waals surface area contributed by atoms with Gasteiger partial charge >= 0.3 is 0 Å². The number of hydrogen-bond donors (Lipinski definition) is 1. The van der Waals surface area contributed by atoms with Crippen LogP contribution in [0.1, 0.15) is 16.8 Å². The summed E-state index contributed by atoms with van der Waals surface area (Å²) in [6, 6.07) is 5.50. The van der Waals surface area contributed by atoms with Crippen molar-refractivity contribution in [3.8, 4) is 11.5 Å². The predicted octanol–water partition coefficient (Wildman–Crippen LogP) is 2.52. The molecular weight excluding hydrogens is 349 g/mol. The number of aryl methyl sites for hydroxylation is 1. The topological polar surface area (TPSA) is 77.1 Å². The number of ether oxygens (including phenoxy) is 2. The Morgan fingerprint density at radius 2 is 1.96 bits per heavy atom. The summed E-state index contributed by atoms with van der Waals surface area (Å²) in [5, 5.41) is 0.430. The average Bonchev–Trinajstić information content (AvgIpc) is 3.01. The zero-order valence-electron chi connectivity index (χ0n) is 15.0. The van der Waals surface area contributed by atoms with Gasteiger partial charge in [0.25, 0.3) is 0 Å². The average molecular weight is 368 g/mol. The fourth-order valence-corrected chi connectivity index (χ4v) is 3.71. The Hall–Kier alpha value is -1.41. The maximum Gasteiger partial charge on any atom is 0.197 e. The van der Waals surface area contributed by atoms with Crippen LogP contribution in [0.4, 0.5) is 0 Å². The molecule has 25 heavy (non-hydrogen) atoms. The minimum Gasteiger partial charge on any atom is -0.497 e. The predicted molar refractivity (Wildman–Crippen MR) is 98.8 cm³/mol. The number of nitrogens with zero attached hydrogens (tertiary/aromatic N) is 2. The van der Waals surface area contributed by atoms with Gasteiger partial charge in [-0.3, -0.25) is 9.19 Å². The molecule has 3 rings (SSSR count). The van der Waals surface area contributed by atoms with Crippen molar-refractivity contribution in [2.45, 2.75) is 24.8 Å². The first-order valence-electron chi connectivity index (χ1n) is 7.44. The van der Waals surface area contributed by atoms with Crippen molar-refractivity contribution in [2.24, 2.45) is 0 Å². The van der Waals surface area contributed by atoms with Crippen molar-refractivity contribution >= 4 is 51.4 Å². The van der Waals surface area contributed by atoms with Crippen LogP contribution in [0, 0.1) is 13.8 Å². The van der Waals surface area contributed by atoms with E-state index in [1.165, 1.54) is 0 Å². The summed E-state index contributed by atoms with van der Waals surface area (Å²) in [4.78, 5) is 11.9. The molecule has 0 aliphatic rings. The Kier molecular flexibility index (Phi) is 6.62. The van der Waals surface area contributed by atoms with E-state index in [-0.39, 0.29) is 35.3 Å². The Bertz CT molecular complexity index is 927. The third-order valence-corrected chi connectivity index (χ3v) is 5.06.